The van der Waals surface area contributed by atoms with Crippen LogP contribution >= 0.6 is 0 Å². The van der Waals surface area contributed by atoms with E-state index in [1.807, 2.05) is 35.2 Å². The van der Waals surface area contributed by atoms with Crippen molar-refractivity contribution in [3.05, 3.63) is 35.9 Å². The van der Waals surface area contributed by atoms with E-state index >= 15 is 0 Å². The highest BCUT2D eigenvalue weighted by molar-refractivity contribution is 7.86. The molecule has 0 aliphatic carbocycles. The minimum absolute atomic E-state index is 0.0929. The second-order valence-corrected chi connectivity index (χ2v) is 9.01. The van der Waals surface area contributed by atoms with Gasteiger partial charge in [0.2, 0.25) is 0 Å². The maximum atomic E-state index is 11.4. The van der Waals surface area contributed by atoms with E-state index in [2.05, 4.69) is 0 Å². The highest BCUT2D eigenvalue weighted by atomic mass is 32.2. The van der Waals surface area contributed by atoms with Gasteiger partial charge in [-0.2, -0.15) is 16.8 Å². The van der Waals surface area contributed by atoms with Gasteiger partial charge in [-0.05, 0) is 5.56 Å². The van der Waals surface area contributed by atoms with E-state index in [0.717, 1.165) is 18.1 Å². The van der Waals surface area contributed by atoms with Crippen molar-refractivity contribution in [3.63, 3.8) is 0 Å². The Morgan fingerprint density at radius 1 is 1.04 bits per heavy atom. The lowest BCUT2D eigenvalue weighted by Crippen LogP contribution is -2.29. The number of benzene rings is 1. The molecular weight excluding hydrogens is 342 g/mol. The Morgan fingerprint density at radius 3 is 2.26 bits per heavy atom. The van der Waals surface area contributed by atoms with E-state index in [-0.39, 0.29) is 12.5 Å². The Hall–Kier alpha value is -1.00. The Balaban J connectivity index is 2.04. The van der Waals surface area contributed by atoms with Crippen molar-refractivity contribution in [2.45, 2.75) is 12.6 Å². The van der Waals surface area contributed by atoms with Crippen LogP contribution < -0.4 is 0 Å². The topological polar surface area (TPSA) is 90.0 Å². The molecule has 1 heterocycles. The highest BCUT2D eigenvalue weighted by Gasteiger charge is 2.36. The average Bonchev–Trinajstić information content (AvgIpc) is 2.76. The molecule has 1 fully saturated rings. The second-order valence-electron chi connectivity index (χ2n) is 5.77. The molecule has 0 amide bonds. The van der Waals surface area contributed by atoms with Gasteiger partial charge in [-0.25, -0.2) is 0 Å². The number of hydrogen-bond acceptors (Lipinski definition) is 7. The van der Waals surface area contributed by atoms with Gasteiger partial charge in [0.1, 0.15) is 0 Å². The SMILES string of the molecule is CS(=O)(=O)OC[C@H]1CN(Cc2ccccc2)C[C@H]1OS(C)(=O)=O. The molecule has 0 saturated carbocycles. The first-order valence-corrected chi connectivity index (χ1v) is 10.7. The van der Waals surface area contributed by atoms with Gasteiger partial charge in [-0.3, -0.25) is 13.3 Å². The standard InChI is InChI=1S/C14H21NO6S2/c1-22(16,17)20-11-13-9-15(8-12-6-4-3-5-7-12)10-14(13)21-23(2,18)19/h3-7,13-14H,8-11H2,1-2H3/t13-,14-/m1/s1. The van der Waals surface area contributed by atoms with Crippen molar-refractivity contribution >= 4 is 20.2 Å². The molecule has 0 spiro atoms. The van der Waals surface area contributed by atoms with Gasteiger partial charge in [0, 0.05) is 25.6 Å². The predicted octanol–water partition coefficient (Wildman–Crippen LogP) is 0.439. The van der Waals surface area contributed by atoms with Gasteiger partial charge < -0.3 is 0 Å². The highest BCUT2D eigenvalue weighted by Crippen LogP contribution is 2.24. The third-order valence-corrected chi connectivity index (χ3v) is 4.66. The molecule has 1 aromatic rings. The van der Waals surface area contributed by atoms with Gasteiger partial charge in [-0.1, -0.05) is 30.3 Å². The Kier molecular flexibility index (Phi) is 5.79. The molecule has 0 bridgehead atoms. The van der Waals surface area contributed by atoms with E-state index < -0.39 is 26.3 Å². The molecule has 1 aliphatic heterocycles. The summed E-state index contributed by atoms with van der Waals surface area (Å²) >= 11 is 0. The van der Waals surface area contributed by atoms with Crippen molar-refractivity contribution in [1.29, 1.82) is 0 Å². The summed E-state index contributed by atoms with van der Waals surface area (Å²) in [6.45, 7) is 1.45. The van der Waals surface area contributed by atoms with Crippen LogP contribution in [0.3, 0.4) is 0 Å². The van der Waals surface area contributed by atoms with Crippen LogP contribution in [0.1, 0.15) is 5.56 Å². The number of rotatable bonds is 7. The summed E-state index contributed by atoms with van der Waals surface area (Å²) in [4.78, 5) is 2.03. The molecule has 1 aliphatic rings. The number of hydrogen-bond donors (Lipinski definition) is 0. The fourth-order valence-corrected chi connectivity index (χ4v) is 3.69. The molecule has 0 N–H and O–H groups in total. The summed E-state index contributed by atoms with van der Waals surface area (Å²) in [7, 11) is -7.20. The van der Waals surface area contributed by atoms with Crippen LogP contribution in [0.15, 0.2) is 30.3 Å². The molecule has 23 heavy (non-hydrogen) atoms. The zero-order valence-corrected chi connectivity index (χ0v) is 14.7. The van der Waals surface area contributed by atoms with Crippen molar-refractivity contribution in [2.24, 2.45) is 5.92 Å². The van der Waals surface area contributed by atoms with E-state index in [1.54, 1.807) is 0 Å². The van der Waals surface area contributed by atoms with E-state index in [1.165, 1.54) is 0 Å². The first-order chi connectivity index (χ1) is 10.6. The maximum absolute atomic E-state index is 11.4. The van der Waals surface area contributed by atoms with E-state index in [0.29, 0.717) is 19.6 Å². The predicted molar refractivity (Wildman–Crippen MR) is 85.7 cm³/mol. The number of nitrogens with zero attached hydrogens (tertiary/aromatic N) is 1. The van der Waals surface area contributed by atoms with Crippen molar-refractivity contribution in [3.8, 4) is 0 Å². The van der Waals surface area contributed by atoms with Crippen LogP contribution in [0, 0.1) is 5.92 Å². The van der Waals surface area contributed by atoms with Crippen LogP contribution in [0.25, 0.3) is 0 Å². The lowest BCUT2D eigenvalue weighted by Gasteiger charge is -2.16. The molecule has 9 heteroatoms. The summed E-state index contributed by atoms with van der Waals surface area (Å²) in [5.74, 6) is -0.330. The molecular formula is C14H21NO6S2. The summed E-state index contributed by atoms with van der Waals surface area (Å²) in [6.07, 6.45) is 1.34. The molecule has 130 valence electrons. The van der Waals surface area contributed by atoms with Crippen LogP contribution in [0.5, 0.6) is 0 Å². The zero-order chi connectivity index (χ0) is 17.1. The van der Waals surface area contributed by atoms with Crippen LogP contribution in [0.2, 0.25) is 0 Å². The molecule has 7 nitrogen and oxygen atoms in total. The molecule has 1 saturated heterocycles. The largest absolute Gasteiger partial charge is 0.296 e. The third-order valence-electron chi connectivity index (χ3n) is 3.50. The molecule has 2 atom stereocenters. The summed E-state index contributed by atoms with van der Waals surface area (Å²) < 4.78 is 55.0. The van der Waals surface area contributed by atoms with Crippen LogP contribution in [0.4, 0.5) is 0 Å². The zero-order valence-electron chi connectivity index (χ0n) is 13.1. The number of likely N-dealkylation sites (tertiary alicyclic amines) is 1. The van der Waals surface area contributed by atoms with Crippen molar-refractivity contribution < 1.29 is 25.2 Å². The lowest BCUT2D eigenvalue weighted by molar-refractivity contribution is 0.141. The van der Waals surface area contributed by atoms with Gasteiger partial charge in [0.25, 0.3) is 20.2 Å². The fraction of sp³-hybridized carbons (Fsp3) is 0.571. The molecule has 0 aromatic heterocycles. The second kappa shape index (κ2) is 7.27. The summed E-state index contributed by atoms with van der Waals surface area (Å²) in [6, 6.07) is 9.74. The molecule has 0 unspecified atom stereocenters. The average molecular weight is 363 g/mol. The first-order valence-electron chi connectivity index (χ1n) is 7.11. The van der Waals surface area contributed by atoms with Crippen molar-refractivity contribution in [2.75, 3.05) is 32.2 Å². The normalized spacial score (nSPS) is 23.2. The van der Waals surface area contributed by atoms with Gasteiger partial charge in [-0.15, -0.1) is 0 Å². The maximum Gasteiger partial charge on any atom is 0.264 e. The Bertz CT molecular complexity index is 717. The van der Waals surface area contributed by atoms with Gasteiger partial charge in [0.05, 0.1) is 25.2 Å². The molecule has 0 radical (unpaired) electrons. The van der Waals surface area contributed by atoms with E-state index in [9.17, 15) is 16.8 Å². The lowest BCUT2D eigenvalue weighted by atomic mass is 10.1. The summed E-state index contributed by atoms with van der Waals surface area (Å²) in [5.41, 5.74) is 1.09. The van der Waals surface area contributed by atoms with Gasteiger partial charge >= 0.3 is 0 Å². The smallest absolute Gasteiger partial charge is 0.264 e. The minimum Gasteiger partial charge on any atom is -0.296 e. The van der Waals surface area contributed by atoms with Crippen LogP contribution in [-0.2, 0) is 35.1 Å². The monoisotopic (exact) mass is 363 g/mol. The molecule has 1 aromatic carbocycles. The quantitative estimate of drug-likeness (QED) is 0.649. The Labute approximate surface area is 137 Å². The third kappa shape index (κ3) is 6.56. The Morgan fingerprint density at radius 2 is 1.70 bits per heavy atom. The van der Waals surface area contributed by atoms with Crippen LogP contribution in [-0.4, -0.2) is 60.0 Å². The minimum atomic E-state index is -3.62. The first kappa shape index (κ1) is 18.3. The van der Waals surface area contributed by atoms with Gasteiger partial charge in [0.15, 0.2) is 0 Å². The summed E-state index contributed by atoms with van der Waals surface area (Å²) in [5, 5.41) is 0. The van der Waals surface area contributed by atoms with Crippen molar-refractivity contribution in [1.82, 2.24) is 4.90 Å². The fourth-order valence-electron chi connectivity index (χ4n) is 2.60. The van der Waals surface area contributed by atoms with E-state index in [4.69, 9.17) is 8.37 Å². The molecule has 2 rings (SSSR count).